The first-order valence-corrected chi connectivity index (χ1v) is 7.71. The molecule has 0 bridgehead atoms. The number of anilines is 1. The quantitative estimate of drug-likeness (QED) is 0.787. The summed E-state index contributed by atoms with van der Waals surface area (Å²) in [4.78, 5) is 25.3. The number of nitrogens with one attached hydrogen (secondary N) is 1. The lowest BCUT2D eigenvalue weighted by atomic mass is 10.2. The van der Waals surface area contributed by atoms with Crippen molar-refractivity contribution < 1.29 is 23.8 Å². The molecule has 7 heteroatoms. The van der Waals surface area contributed by atoms with Crippen LogP contribution in [0.5, 0.6) is 17.2 Å². The van der Waals surface area contributed by atoms with E-state index >= 15 is 0 Å². The summed E-state index contributed by atoms with van der Waals surface area (Å²) in [6.07, 6.45) is 0.203. The van der Waals surface area contributed by atoms with Crippen LogP contribution in [-0.2, 0) is 9.59 Å². The van der Waals surface area contributed by atoms with Gasteiger partial charge in [0.25, 0.3) is 0 Å². The Morgan fingerprint density at radius 2 is 1.62 bits per heavy atom. The number of hydrogen-bond donors (Lipinski definition) is 1. The van der Waals surface area contributed by atoms with Gasteiger partial charge in [-0.15, -0.1) is 0 Å². The second-order valence-corrected chi connectivity index (χ2v) is 5.52. The Morgan fingerprint density at radius 3 is 2.00 bits per heavy atom. The van der Waals surface area contributed by atoms with E-state index in [9.17, 15) is 9.59 Å². The maximum atomic E-state index is 12.2. The van der Waals surface area contributed by atoms with E-state index in [1.807, 2.05) is 13.8 Å². The van der Waals surface area contributed by atoms with Crippen LogP contribution >= 0.6 is 0 Å². The van der Waals surface area contributed by atoms with Gasteiger partial charge in [0.2, 0.25) is 17.6 Å². The minimum atomic E-state index is -0.198. The van der Waals surface area contributed by atoms with Crippen LogP contribution in [-0.4, -0.2) is 50.6 Å². The van der Waals surface area contributed by atoms with Crippen molar-refractivity contribution in [3.8, 4) is 17.2 Å². The Hall–Kier alpha value is -2.44. The molecule has 0 saturated heterocycles. The zero-order chi connectivity index (χ0) is 18.3. The number of rotatable bonds is 8. The molecule has 0 aromatic heterocycles. The summed E-state index contributed by atoms with van der Waals surface area (Å²) >= 11 is 0. The number of ether oxygens (including phenoxy) is 3. The van der Waals surface area contributed by atoms with E-state index in [4.69, 9.17) is 14.2 Å². The lowest BCUT2D eigenvalue weighted by molar-refractivity contribution is -0.130. The molecule has 1 N–H and O–H groups in total. The van der Waals surface area contributed by atoms with Crippen molar-refractivity contribution in [3.63, 3.8) is 0 Å². The van der Waals surface area contributed by atoms with Crippen LogP contribution in [0.1, 0.15) is 27.2 Å². The summed E-state index contributed by atoms with van der Waals surface area (Å²) in [5.74, 6) is 1.13. The molecule has 0 aliphatic carbocycles. The van der Waals surface area contributed by atoms with Gasteiger partial charge in [-0.3, -0.25) is 9.59 Å². The Labute approximate surface area is 142 Å². The molecular formula is C17H26N2O5. The van der Waals surface area contributed by atoms with Crippen LogP contribution in [0.3, 0.4) is 0 Å². The normalized spacial score (nSPS) is 10.3. The maximum absolute atomic E-state index is 12.2. The molecule has 0 atom stereocenters. The van der Waals surface area contributed by atoms with Crippen LogP contribution < -0.4 is 19.5 Å². The topological polar surface area (TPSA) is 77.1 Å². The fourth-order valence-corrected chi connectivity index (χ4v) is 2.38. The summed E-state index contributed by atoms with van der Waals surface area (Å²) in [6.45, 7) is 5.69. The zero-order valence-corrected chi connectivity index (χ0v) is 15.1. The Balaban J connectivity index is 2.82. The molecule has 24 heavy (non-hydrogen) atoms. The maximum Gasteiger partial charge on any atom is 0.226 e. The van der Waals surface area contributed by atoms with Gasteiger partial charge in [0.05, 0.1) is 21.3 Å². The summed E-state index contributed by atoms with van der Waals surface area (Å²) in [5, 5.41) is 2.78. The van der Waals surface area contributed by atoms with Crippen LogP contribution in [0, 0.1) is 0 Å². The number of carbonyl (C=O) groups is 2. The molecule has 0 aliphatic rings. The van der Waals surface area contributed by atoms with Gasteiger partial charge in [-0.05, 0) is 13.8 Å². The molecule has 0 heterocycles. The average Bonchev–Trinajstić information content (AvgIpc) is 2.53. The first kappa shape index (κ1) is 19.6. The van der Waals surface area contributed by atoms with Gasteiger partial charge < -0.3 is 24.4 Å². The van der Waals surface area contributed by atoms with Crippen molar-refractivity contribution in [1.29, 1.82) is 0 Å². The Kier molecular flexibility index (Phi) is 7.35. The molecule has 7 nitrogen and oxygen atoms in total. The highest BCUT2D eigenvalue weighted by Gasteiger charge is 2.16. The average molecular weight is 338 g/mol. The fourth-order valence-electron chi connectivity index (χ4n) is 2.38. The van der Waals surface area contributed by atoms with E-state index in [0.29, 0.717) is 29.5 Å². The third-order valence-electron chi connectivity index (χ3n) is 3.56. The van der Waals surface area contributed by atoms with Crippen molar-refractivity contribution in [2.75, 3.05) is 33.2 Å². The highest BCUT2D eigenvalue weighted by molar-refractivity contribution is 5.92. The number of methoxy groups -OCH3 is 3. The third kappa shape index (κ3) is 5.04. The van der Waals surface area contributed by atoms with Crippen LogP contribution in [0.25, 0.3) is 0 Å². The minimum absolute atomic E-state index is 0.0504. The molecule has 0 radical (unpaired) electrons. The molecule has 0 fully saturated rings. The predicted molar refractivity (Wildman–Crippen MR) is 91.9 cm³/mol. The molecule has 0 unspecified atom stereocenters. The molecule has 1 aromatic carbocycles. The summed E-state index contributed by atoms with van der Waals surface area (Å²) in [5.41, 5.74) is 0.536. The number of carbonyl (C=O) groups excluding carboxylic acids is 2. The molecule has 1 rings (SSSR count). The van der Waals surface area contributed by atoms with Crippen molar-refractivity contribution in [3.05, 3.63) is 12.1 Å². The van der Waals surface area contributed by atoms with Gasteiger partial charge in [0, 0.05) is 43.8 Å². The number of nitrogens with zero attached hydrogens (tertiary/aromatic N) is 1. The number of hydrogen-bond acceptors (Lipinski definition) is 5. The van der Waals surface area contributed by atoms with E-state index in [2.05, 4.69) is 5.32 Å². The highest BCUT2D eigenvalue weighted by atomic mass is 16.5. The Morgan fingerprint density at radius 1 is 1.08 bits per heavy atom. The molecule has 134 valence electrons. The van der Waals surface area contributed by atoms with E-state index in [1.165, 1.54) is 28.3 Å². The first-order valence-electron chi connectivity index (χ1n) is 7.71. The molecule has 0 saturated carbocycles. The summed E-state index contributed by atoms with van der Waals surface area (Å²) < 4.78 is 15.7. The first-order chi connectivity index (χ1) is 11.3. The smallest absolute Gasteiger partial charge is 0.226 e. The van der Waals surface area contributed by atoms with E-state index < -0.39 is 0 Å². The predicted octanol–water partition coefficient (Wildman–Crippen LogP) is 2.30. The summed E-state index contributed by atoms with van der Waals surface area (Å²) in [7, 11) is 4.54. The largest absolute Gasteiger partial charge is 0.493 e. The lowest BCUT2D eigenvalue weighted by Gasteiger charge is -2.25. The van der Waals surface area contributed by atoms with Gasteiger partial charge in [0.15, 0.2) is 11.5 Å². The molecule has 1 aromatic rings. The third-order valence-corrected chi connectivity index (χ3v) is 3.56. The SMILES string of the molecule is COc1cc(NC(=O)CCN(C(C)=O)C(C)C)cc(OC)c1OC. The standard InChI is InChI=1S/C17H26N2O5/c1-11(2)19(12(3)20)8-7-16(21)18-13-9-14(22-4)17(24-6)15(10-13)23-5/h9-11H,7-8H2,1-6H3,(H,18,21). The van der Waals surface area contributed by atoms with Gasteiger partial charge in [-0.1, -0.05) is 0 Å². The van der Waals surface area contributed by atoms with Gasteiger partial charge in [-0.25, -0.2) is 0 Å². The number of benzene rings is 1. The summed E-state index contributed by atoms with van der Waals surface area (Å²) in [6, 6.07) is 3.37. The fraction of sp³-hybridized carbons (Fsp3) is 0.529. The van der Waals surface area contributed by atoms with Crippen molar-refractivity contribution in [1.82, 2.24) is 4.90 Å². The second-order valence-electron chi connectivity index (χ2n) is 5.52. The zero-order valence-electron chi connectivity index (χ0n) is 15.1. The molecule has 2 amide bonds. The van der Waals surface area contributed by atoms with Crippen molar-refractivity contribution in [2.24, 2.45) is 0 Å². The van der Waals surface area contributed by atoms with Crippen LogP contribution in [0.15, 0.2) is 12.1 Å². The monoisotopic (exact) mass is 338 g/mol. The van der Waals surface area contributed by atoms with Crippen LogP contribution in [0.4, 0.5) is 5.69 Å². The molecule has 0 aliphatic heterocycles. The lowest BCUT2D eigenvalue weighted by Crippen LogP contribution is -2.37. The van der Waals surface area contributed by atoms with Gasteiger partial charge >= 0.3 is 0 Å². The van der Waals surface area contributed by atoms with Gasteiger partial charge in [0.1, 0.15) is 0 Å². The van der Waals surface area contributed by atoms with Crippen molar-refractivity contribution >= 4 is 17.5 Å². The van der Waals surface area contributed by atoms with Crippen LogP contribution in [0.2, 0.25) is 0 Å². The highest BCUT2D eigenvalue weighted by Crippen LogP contribution is 2.39. The van der Waals surface area contributed by atoms with E-state index in [-0.39, 0.29) is 24.3 Å². The molecule has 0 spiro atoms. The van der Waals surface area contributed by atoms with E-state index in [1.54, 1.807) is 17.0 Å². The molecular weight excluding hydrogens is 312 g/mol. The van der Waals surface area contributed by atoms with E-state index in [0.717, 1.165) is 0 Å². The van der Waals surface area contributed by atoms with Gasteiger partial charge in [-0.2, -0.15) is 0 Å². The van der Waals surface area contributed by atoms with Crippen molar-refractivity contribution in [2.45, 2.75) is 33.2 Å². The minimum Gasteiger partial charge on any atom is -0.493 e. The Bertz CT molecular complexity index is 561. The number of amides is 2. The second kappa shape index (κ2) is 9.00.